The Kier molecular flexibility index (Phi) is 7.95. The molecule has 2 heteroatoms. The fourth-order valence-corrected chi connectivity index (χ4v) is 2.26. The van der Waals surface area contributed by atoms with E-state index in [0.29, 0.717) is 0 Å². The first-order chi connectivity index (χ1) is 9.27. The van der Waals surface area contributed by atoms with Gasteiger partial charge in [-0.05, 0) is 31.2 Å². The summed E-state index contributed by atoms with van der Waals surface area (Å²) >= 11 is 0. The van der Waals surface area contributed by atoms with Crippen molar-refractivity contribution in [2.24, 2.45) is 5.92 Å². The van der Waals surface area contributed by atoms with E-state index in [1.54, 1.807) is 0 Å². The molecule has 0 unspecified atom stereocenters. The fraction of sp³-hybridized carbons (Fsp3) is 0.588. The van der Waals surface area contributed by atoms with Gasteiger partial charge in [0.1, 0.15) is 0 Å². The molecule has 0 radical (unpaired) electrons. The van der Waals surface area contributed by atoms with Gasteiger partial charge in [-0.25, -0.2) is 0 Å². The van der Waals surface area contributed by atoms with E-state index < -0.39 is 0 Å². The molecule has 106 valence electrons. The third kappa shape index (κ3) is 6.42. The van der Waals surface area contributed by atoms with Gasteiger partial charge in [0.15, 0.2) is 0 Å². The van der Waals surface area contributed by atoms with Gasteiger partial charge in [0.2, 0.25) is 5.91 Å². The Hall–Kier alpha value is -1.31. The SMILES string of the molecule is CCCC[C@H](CC)C(=O)NCCCc1ccccc1. The number of carbonyl (C=O) groups excluding carboxylic acids is 1. The molecule has 0 spiro atoms. The summed E-state index contributed by atoms with van der Waals surface area (Å²) in [5.74, 6) is 0.445. The number of hydrogen-bond acceptors (Lipinski definition) is 1. The highest BCUT2D eigenvalue weighted by atomic mass is 16.1. The van der Waals surface area contributed by atoms with Gasteiger partial charge >= 0.3 is 0 Å². The summed E-state index contributed by atoms with van der Waals surface area (Å²) in [4.78, 5) is 12.0. The van der Waals surface area contributed by atoms with Crippen molar-refractivity contribution in [3.8, 4) is 0 Å². The first-order valence-corrected chi connectivity index (χ1v) is 7.59. The van der Waals surface area contributed by atoms with Crippen LogP contribution in [0.3, 0.4) is 0 Å². The molecule has 1 amide bonds. The molecule has 0 saturated carbocycles. The van der Waals surface area contributed by atoms with Crippen molar-refractivity contribution in [2.45, 2.75) is 52.4 Å². The predicted octanol–water partition coefficient (Wildman–Crippen LogP) is 3.95. The number of hydrogen-bond donors (Lipinski definition) is 1. The van der Waals surface area contributed by atoms with Crippen molar-refractivity contribution in [2.75, 3.05) is 6.54 Å². The average Bonchev–Trinajstić information content (AvgIpc) is 2.45. The quantitative estimate of drug-likeness (QED) is 0.670. The number of amides is 1. The monoisotopic (exact) mass is 261 g/mol. The zero-order valence-corrected chi connectivity index (χ0v) is 12.3. The van der Waals surface area contributed by atoms with Crippen LogP contribution >= 0.6 is 0 Å². The molecule has 2 nitrogen and oxygen atoms in total. The molecule has 0 aromatic heterocycles. The Labute approximate surface area is 117 Å². The van der Waals surface area contributed by atoms with Gasteiger partial charge in [0, 0.05) is 12.5 Å². The van der Waals surface area contributed by atoms with Crippen molar-refractivity contribution in [3.63, 3.8) is 0 Å². The lowest BCUT2D eigenvalue weighted by Gasteiger charge is -2.14. The van der Waals surface area contributed by atoms with Crippen molar-refractivity contribution < 1.29 is 4.79 Å². The topological polar surface area (TPSA) is 29.1 Å². The first-order valence-electron chi connectivity index (χ1n) is 7.59. The maximum atomic E-state index is 12.0. The second-order valence-corrected chi connectivity index (χ2v) is 5.13. The summed E-state index contributed by atoms with van der Waals surface area (Å²) in [5.41, 5.74) is 1.34. The van der Waals surface area contributed by atoms with E-state index in [0.717, 1.165) is 45.1 Å². The van der Waals surface area contributed by atoms with E-state index in [-0.39, 0.29) is 11.8 Å². The normalized spacial score (nSPS) is 12.1. The fourth-order valence-electron chi connectivity index (χ4n) is 2.26. The van der Waals surface area contributed by atoms with Crippen LogP contribution in [0.25, 0.3) is 0 Å². The van der Waals surface area contributed by atoms with Crippen LogP contribution in [0.1, 0.15) is 51.5 Å². The lowest BCUT2D eigenvalue weighted by atomic mass is 9.98. The van der Waals surface area contributed by atoms with Crippen LogP contribution in [0, 0.1) is 5.92 Å². The molecule has 1 aromatic carbocycles. The molecule has 0 saturated heterocycles. The lowest BCUT2D eigenvalue weighted by Crippen LogP contribution is -2.31. The van der Waals surface area contributed by atoms with Gasteiger partial charge in [-0.1, -0.05) is 57.0 Å². The van der Waals surface area contributed by atoms with Crippen molar-refractivity contribution in [3.05, 3.63) is 35.9 Å². The minimum atomic E-state index is 0.205. The third-order valence-electron chi connectivity index (χ3n) is 3.55. The van der Waals surface area contributed by atoms with Crippen molar-refractivity contribution >= 4 is 5.91 Å². The Balaban J connectivity index is 2.19. The number of nitrogens with one attached hydrogen (secondary N) is 1. The lowest BCUT2D eigenvalue weighted by molar-refractivity contribution is -0.125. The Bertz CT molecular complexity index is 348. The molecule has 1 aromatic rings. The minimum absolute atomic E-state index is 0.205. The van der Waals surface area contributed by atoms with Crippen molar-refractivity contribution in [1.82, 2.24) is 5.32 Å². The molecule has 0 aliphatic rings. The van der Waals surface area contributed by atoms with Gasteiger partial charge in [0.05, 0.1) is 0 Å². The minimum Gasteiger partial charge on any atom is -0.356 e. The summed E-state index contributed by atoms with van der Waals surface area (Å²) in [6.45, 7) is 5.06. The van der Waals surface area contributed by atoms with E-state index in [2.05, 4.69) is 43.4 Å². The molecule has 0 aliphatic carbocycles. The first kappa shape index (κ1) is 15.7. The second kappa shape index (κ2) is 9.60. The van der Waals surface area contributed by atoms with E-state index in [1.807, 2.05) is 6.07 Å². The van der Waals surface area contributed by atoms with Crippen LogP contribution in [0.15, 0.2) is 30.3 Å². The largest absolute Gasteiger partial charge is 0.356 e. The molecule has 0 fully saturated rings. The summed E-state index contributed by atoms with van der Waals surface area (Å²) in [6.07, 6.45) is 6.34. The molecule has 0 bridgehead atoms. The molecule has 0 heterocycles. The Morgan fingerprint density at radius 1 is 1.16 bits per heavy atom. The standard InChI is InChI=1S/C17H27NO/c1-3-5-13-16(4-2)17(19)18-14-9-12-15-10-7-6-8-11-15/h6-8,10-11,16H,3-5,9,12-14H2,1-2H3,(H,18,19)/t16-/m0/s1. The molecular weight excluding hydrogens is 234 g/mol. The Morgan fingerprint density at radius 3 is 2.53 bits per heavy atom. The number of rotatable bonds is 9. The zero-order chi connectivity index (χ0) is 13.9. The summed E-state index contributed by atoms with van der Waals surface area (Å²) in [6, 6.07) is 10.4. The molecule has 1 N–H and O–H groups in total. The maximum absolute atomic E-state index is 12.0. The van der Waals surface area contributed by atoms with E-state index in [9.17, 15) is 4.79 Å². The number of carbonyl (C=O) groups is 1. The van der Waals surface area contributed by atoms with E-state index in [1.165, 1.54) is 5.56 Å². The molecule has 19 heavy (non-hydrogen) atoms. The highest BCUT2D eigenvalue weighted by Gasteiger charge is 2.14. The van der Waals surface area contributed by atoms with Gasteiger partial charge < -0.3 is 5.32 Å². The summed E-state index contributed by atoms with van der Waals surface area (Å²) in [7, 11) is 0. The van der Waals surface area contributed by atoms with Crippen molar-refractivity contribution in [1.29, 1.82) is 0 Å². The van der Waals surface area contributed by atoms with Crippen LogP contribution < -0.4 is 5.32 Å². The highest BCUT2D eigenvalue weighted by Crippen LogP contribution is 2.12. The Morgan fingerprint density at radius 2 is 1.89 bits per heavy atom. The van der Waals surface area contributed by atoms with E-state index >= 15 is 0 Å². The zero-order valence-electron chi connectivity index (χ0n) is 12.3. The van der Waals surface area contributed by atoms with Gasteiger partial charge in [0.25, 0.3) is 0 Å². The molecule has 0 aliphatic heterocycles. The third-order valence-corrected chi connectivity index (χ3v) is 3.55. The number of aryl methyl sites for hydroxylation is 1. The van der Waals surface area contributed by atoms with Crippen LogP contribution in [0.2, 0.25) is 0 Å². The smallest absolute Gasteiger partial charge is 0.223 e. The van der Waals surface area contributed by atoms with Crippen LogP contribution in [0.5, 0.6) is 0 Å². The van der Waals surface area contributed by atoms with E-state index in [4.69, 9.17) is 0 Å². The van der Waals surface area contributed by atoms with Gasteiger partial charge in [-0.3, -0.25) is 4.79 Å². The highest BCUT2D eigenvalue weighted by molar-refractivity contribution is 5.78. The molecular formula is C17H27NO. The van der Waals surface area contributed by atoms with Crippen LogP contribution in [0.4, 0.5) is 0 Å². The average molecular weight is 261 g/mol. The molecule has 1 atom stereocenters. The predicted molar refractivity (Wildman–Crippen MR) is 81.1 cm³/mol. The van der Waals surface area contributed by atoms with Crippen LogP contribution in [-0.4, -0.2) is 12.5 Å². The summed E-state index contributed by atoms with van der Waals surface area (Å²) in [5, 5.41) is 3.07. The van der Waals surface area contributed by atoms with Crippen LogP contribution in [-0.2, 0) is 11.2 Å². The molecule has 1 rings (SSSR count). The number of unbranched alkanes of at least 4 members (excludes halogenated alkanes) is 1. The maximum Gasteiger partial charge on any atom is 0.223 e. The van der Waals surface area contributed by atoms with Gasteiger partial charge in [-0.2, -0.15) is 0 Å². The van der Waals surface area contributed by atoms with Gasteiger partial charge in [-0.15, -0.1) is 0 Å². The second-order valence-electron chi connectivity index (χ2n) is 5.13. The summed E-state index contributed by atoms with van der Waals surface area (Å²) < 4.78 is 0. The number of benzene rings is 1.